The van der Waals surface area contributed by atoms with Crippen LogP contribution in [0.15, 0.2) is 12.3 Å². The molecule has 0 fully saturated rings. The molecular weight excluding hydrogens is 132 g/mol. The standard InChI is InChI=1S/C6H7N2O2/c9-4-5-10-6-7-2-1-3-8-6/h1-2,9H,4-5H2. The predicted molar refractivity (Wildman–Crippen MR) is 33.4 cm³/mol. The maximum Gasteiger partial charge on any atom is 0.317 e. The van der Waals surface area contributed by atoms with Gasteiger partial charge in [0.05, 0.1) is 12.8 Å². The van der Waals surface area contributed by atoms with Gasteiger partial charge in [-0.1, -0.05) is 0 Å². The molecule has 4 nitrogen and oxygen atoms in total. The summed E-state index contributed by atoms with van der Waals surface area (Å²) in [6.45, 7) is 0.191. The van der Waals surface area contributed by atoms with Crippen LogP contribution in [0, 0.1) is 6.20 Å². The van der Waals surface area contributed by atoms with Gasteiger partial charge in [-0.15, -0.1) is 0 Å². The van der Waals surface area contributed by atoms with Gasteiger partial charge in [-0.3, -0.25) is 0 Å². The van der Waals surface area contributed by atoms with Crippen molar-refractivity contribution in [1.29, 1.82) is 0 Å². The minimum absolute atomic E-state index is 0.0295. The number of ether oxygens (including phenoxy) is 1. The normalized spacial score (nSPS) is 9.30. The smallest absolute Gasteiger partial charge is 0.317 e. The molecule has 0 saturated carbocycles. The average molecular weight is 139 g/mol. The molecule has 0 atom stereocenters. The maximum atomic E-state index is 8.34. The minimum atomic E-state index is -0.0295. The number of aromatic nitrogens is 2. The van der Waals surface area contributed by atoms with Crippen LogP contribution < -0.4 is 4.74 Å². The summed E-state index contributed by atoms with van der Waals surface area (Å²) in [6.07, 6.45) is 4.08. The monoisotopic (exact) mass is 139 g/mol. The van der Waals surface area contributed by atoms with E-state index in [4.69, 9.17) is 9.84 Å². The number of hydrogen-bond acceptors (Lipinski definition) is 4. The molecule has 0 aliphatic rings. The van der Waals surface area contributed by atoms with Gasteiger partial charge in [0.15, 0.2) is 0 Å². The Bertz CT molecular complexity index is 178. The van der Waals surface area contributed by atoms with E-state index in [1.165, 1.54) is 6.20 Å². The van der Waals surface area contributed by atoms with Crippen molar-refractivity contribution in [3.8, 4) is 6.01 Å². The van der Waals surface area contributed by atoms with E-state index in [-0.39, 0.29) is 19.2 Å². The zero-order chi connectivity index (χ0) is 7.23. The average Bonchev–Trinajstić information content (AvgIpc) is 2.03. The first kappa shape index (κ1) is 6.95. The predicted octanol–water partition coefficient (Wildman–Crippen LogP) is -0.352. The topological polar surface area (TPSA) is 55.2 Å². The Kier molecular flexibility index (Phi) is 2.63. The van der Waals surface area contributed by atoms with Crippen LogP contribution in [0.25, 0.3) is 0 Å². The molecular formula is C6H7N2O2. The van der Waals surface area contributed by atoms with E-state index in [2.05, 4.69) is 16.2 Å². The van der Waals surface area contributed by atoms with E-state index in [0.717, 1.165) is 0 Å². The van der Waals surface area contributed by atoms with Crippen molar-refractivity contribution in [2.24, 2.45) is 0 Å². The van der Waals surface area contributed by atoms with Gasteiger partial charge in [0.1, 0.15) is 6.61 Å². The lowest BCUT2D eigenvalue weighted by atomic mass is 10.7. The van der Waals surface area contributed by atoms with Crippen molar-refractivity contribution in [2.45, 2.75) is 0 Å². The largest absolute Gasteiger partial charge is 0.461 e. The van der Waals surface area contributed by atoms with E-state index < -0.39 is 0 Å². The third-order valence-corrected chi connectivity index (χ3v) is 0.817. The zero-order valence-electron chi connectivity index (χ0n) is 5.32. The first-order valence-corrected chi connectivity index (χ1v) is 2.86. The molecule has 1 heterocycles. The molecule has 1 rings (SSSR count). The highest BCUT2D eigenvalue weighted by molar-refractivity contribution is 4.91. The Morgan fingerprint density at radius 2 is 2.60 bits per heavy atom. The van der Waals surface area contributed by atoms with E-state index in [0.29, 0.717) is 0 Å². The van der Waals surface area contributed by atoms with Gasteiger partial charge in [-0.05, 0) is 6.07 Å². The summed E-state index contributed by atoms with van der Waals surface area (Å²) in [5, 5.41) is 8.34. The van der Waals surface area contributed by atoms with Crippen LogP contribution in [0.1, 0.15) is 0 Å². The molecule has 0 bridgehead atoms. The molecule has 0 aliphatic heterocycles. The van der Waals surface area contributed by atoms with Gasteiger partial charge in [0.2, 0.25) is 0 Å². The quantitative estimate of drug-likeness (QED) is 0.621. The molecule has 1 aromatic rings. The Balaban J connectivity index is 2.43. The van der Waals surface area contributed by atoms with Crippen molar-refractivity contribution in [3.05, 3.63) is 18.5 Å². The number of aliphatic hydroxyl groups excluding tert-OH is 1. The number of nitrogens with zero attached hydrogens (tertiary/aromatic N) is 2. The Labute approximate surface area is 58.5 Å². The lowest BCUT2D eigenvalue weighted by Crippen LogP contribution is -2.03. The Morgan fingerprint density at radius 3 is 3.20 bits per heavy atom. The zero-order valence-corrected chi connectivity index (χ0v) is 5.32. The first-order chi connectivity index (χ1) is 4.93. The molecule has 0 aliphatic carbocycles. The number of rotatable bonds is 3. The van der Waals surface area contributed by atoms with Gasteiger partial charge in [-0.25, -0.2) is 4.98 Å². The molecule has 0 spiro atoms. The second-order valence-electron chi connectivity index (χ2n) is 1.54. The summed E-state index contributed by atoms with van der Waals surface area (Å²) in [4.78, 5) is 7.39. The van der Waals surface area contributed by atoms with Crippen LogP contribution in [-0.4, -0.2) is 28.3 Å². The molecule has 0 unspecified atom stereocenters. The van der Waals surface area contributed by atoms with E-state index in [1.54, 1.807) is 6.07 Å². The van der Waals surface area contributed by atoms with Crippen LogP contribution in [0.5, 0.6) is 6.01 Å². The van der Waals surface area contributed by atoms with Crippen molar-refractivity contribution in [1.82, 2.24) is 9.97 Å². The fourth-order valence-electron chi connectivity index (χ4n) is 0.462. The van der Waals surface area contributed by atoms with Gasteiger partial charge in [-0.2, -0.15) is 4.98 Å². The van der Waals surface area contributed by atoms with E-state index in [9.17, 15) is 0 Å². The van der Waals surface area contributed by atoms with Crippen LogP contribution in [0.3, 0.4) is 0 Å². The van der Waals surface area contributed by atoms with Crippen molar-refractivity contribution >= 4 is 0 Å². The van der Waals surface area contributed by atoms with Crippen LogP contribution in [0.2, 0.25) is 0 Å². The summed E-state index contributed by atoms with van der Waals surface area (Å²) in [7, 11) is 0. The first-order valence-electron chi connectivity index (χ1n) is 2.86. The molecule has 1 aromatic heterocycles. The second kappa shape index (κ2) is 3.79. The lowest BCUT2D eigenvalue weighted by molar-refractivity contribution is 0.191. The van der Waals surface area contributed by atoms with Crippen LogP contribution in [-0.2, 0) is 0 Å². The third kappa shape index (κ3) is 1.99. The second-order valence-corrected chi connectivity index (χ2v) is 1.54. The van der Waals surface area contributed by atoms with Gasteiger partial charge < -0.3 is 9.84 Å². The third-order valence-electron chi connectivity index (χ3n) is 0.817. The highest BCUT2D eigenvalue weighted by Gasteiger charge is 1.91. The molecule has 4 heteroatoms. The summed E-state index contributed by atoms with van der Waals surface area (Å²) >= 11 is 0. The van der Waals surface area contributed by atoms with Crippen LogP contribution >= 0.6 is 0 Å². The molecule has 0 saturated heterocycles. The SMILES string of the molecule is OCCOc1n[c]ccn1. The Hall–Kier alpha value is -1.16. The highest BCUT2D eigenvalue weighted by Crippen LogP contribution is 1.94. The van der Waals surface area contributed by atoms with Gasteiger partial charge >= 0.3 is 6.01 Å². The molecule has 1 radical (unpaired) electrons. The van der Waals surface area contributed by atoms with Gasteiger partial charge in [0, 0.05) is 6.20 Å². The molecule has 10 heavy (non-hydrogen) atoms. The van der Waals surface area contributed by atoms with Gasteiger partial charge in [0.25, 0.3) is 0 Å². The number of aliphatic hydroxyl groups is 1. The van der Waals surface area contributed by atoms with Crippen molar-refractivity contribution < 1.29 is 9.84 Å². The van der Waals surface area contributed by atoms with E-state index in [1.807, 2.05) is 0 Å². The molecule has 53 valence electrons. The summed E-state index contributed by atoms with van der Waals surface area (Å²) < 4.78 is 4.85. The highest BCUT2D eigenvalue weighted by atomic mass is 16.5. The molecule has 0 amide bonds. The summed E-state index contributed by atoms with van der Waals surface area (Å²) in [5.41, 5.74) is 0. The van der Waals surface area contributed by atoms with E-state index >= 15 is 0 Å². The summed E-state index contributed by atoms with van der Waals surface area (Å²) in [6, 6.07) is 1.82. The Morgan fingerprint density at radius 1 is 1.70 bits per heavy atom. The molecule has 1 N–H and O–H groups in total. The fourth-order valence-corrected chi connectivity index (χ4v) is 0.462. The minimum Gasteiger partial charge on any atom is -0.461 e. The molecule has 0 aromatic carbocycles. The van der Waals surface area contributed by atoms with Crippen molar-refractivity contribution in [2.75, 3.05) is 13.2 Å². The lowest BCUT2D eigenvalue weighted by Gasteiger charge is -1.98. The van der Waals surface area contributed by atoms with Crippen LogP contribution in [0.4, 0.5) is 0 Å². The summed E-state index contributed by atoms with van der Waals surface area (Å²) in [5.74, 6) is 0. The number of hydrogen-bond donors (Lipinski definition) is 1. The fraction of sp³-hybridized carbons (Fsp3) is 0.333. The van der Waals surface area contributed by atoms with Crippen molar-refractivity contribution in [3.63, 3.8) is 0 Å². The maximum absolute atomic E-state index is 8.34.